The third-order valence-corrected chi connectivity index (χ3v) is 6.60. The van der Waals surface area contributed by atoms with Crippen LogP contribution in [-0.4, -0.2) is 31.1 Å². The minimum Gasteiger partial charge on any atom is -0.354 e. The second-order valence-corrected chi connectivity index (χ2v) is 10.8. The van der Waals surface area contributed by atoms with Crippen molar-refractivity contribution in [3.63, 3.8) is 0 Å². The normalized spacial score (nSPS) is 12.2. The fraction of sp³-hybridized carbons (Fsp3) is 0.200. The summed E-state index contributed by atoms with van der Waals surface area (Å²) in [7, 11) is -3.81. The second-order valence-electron chi connectivity index (χ2n) is 8.81. The molecule has 0 fully saturated rings. The van der Waals surface area contributed by atoms with Crippen LogP contribution in [0.1, 0.15) is 29.8 Å². The number of rotatable bonds is 5. The fourth-order valence-electron chi connectivity index (χ4n) is 3.97. The van der Waals surface area contributed by atoms with E-state index in [0.717, 1.165) is 11.8 Å². The van der Waals surface area contributed by atoms with E-state index in [1.54, 1.807) is 50.2 Å². The van der Waals surface area contributed by atoms with Crippen LogP contribution >= 0.6 is 0 Å². The van der Waals surface area contributed by atoms with Crippen molar-refractivity contribution in [2.75, 3.05) is 6.26 Å². The quantitative estimate of drug-likeness (QED) is 0.435. The smallest absolute Gasteiger partial charge is 0.253 e. The number of nitrogens with one attached hydrogen (secondary N) is 2. The van der Waals surface area contributed by atoms with Crippen LogP contribution in [0.5, 0.6) is 0 Å². The van der Waals surface area contributed by atoms with Gasteiger partial charge in [-0.3, -0.25) is 9.59 Å². The first-order valence-electron chi connectivity index (χ1n) is 10.3. The monoisotopic (exact) mass is 466 g/mol. The predicted octanol–water partition coefficient (Wildman–Crippen LogP) is 3.98. The number of para-hydroxylation sites is 1. The van der Waals surface area contributed by atoms with Crippen LogP contribution in [0.25, 0.3) is 21.8 Å². The number of hydrogen-bond acceptors (Lipinski definition) is 4. The number of benzene rings is 3. The highest BCUT2D eigenvalue weighted by atomic mass is 32.2. The summed E-state index contributed by atoms with van der Waals surface area (Å²) >= 11 is 0. The second kappa shape index (κ2) is 8.12. The van der Waals surface area contributed by atoms with Gasteiger partial charge in [0, 0.05) is 28.1 Å². The number of pyridine rings is 1. The fourth-order valence-corrected chi connectivity index (χ4v) is 4.85. The van der Waals surface area contributed by atoms with Crippen molar-refractivity contribution in [3.8, 4) is 0 Å². The Morgan fingerprint density at radius 3 is 2.33 bits per heavy atom. The molecule has 2 N–H and O–H groups in total. The Morgan fingerprint density at radius 1 is 1.00 bits per heavy atom. The molecule has 0 atom stereocenters. The number of carbonyl (C=O) groups is 1. The number of aromatic amines is 1. The highest BCUT2D eigenvalue weighted by molar-refractivity contribution is 7.90. The molecule has 0 spiro atoms. The maximum Gasteiger partial charge on any atom is 0.253 e. The third kappa shape index (κ3) is 4.66. The molecule has 6 nitrogen and oxygen atoms in total. The zero-order valence-electron chi connectivity index (χ0n) is 18.4. The van der Waals surface area contributed by atoms with Crippen LogP contribution in [0.4, 0.5) is 4.39 Å². The topological polar surface area (TPSA) is 96.1 Å². The van der Waals surface area contributed by atoms with E-state index in [1.165, 1.54) is 24.3 Å². The molecule has 0 saturated carbocycles. The number of hydrogen-bond donors (Lipinski definition) is 2. The first-order valence-corrected chi connectivity index (χ1v) is 12.2. The molecule has 0 unspecified atom stereocenters. The SMILES string of the molecule is CC(C)(Cc1ccc(F)cc1)NC(=O)c1cc2[nH]c3ccccc3c(=O)c2cc1S(C)(=O)=O. The molecule has 170 valence electrons. The standard InChI is InChI=1S/C25H23FN2O4S/c1-25(2,14-15-8-10-16(26)11-9-15)28-24(30)19-12-21-18(13-22(19)33(3,31)32)23(29)17-6-4-5-7-20(17)27-21/h4-13H,14H2,1-3H3,(H,27,29)(H,28,30). The lowest BCUT2D eigenvalue weighted by atomic mass is 9.94. The van der Waals surface area contributed by atoms with Crippen molar-refractivity contribution < 1.29 is 17.6 Å². The third-order valence-electron chi connectivity index (χ3n) is 5.46. The van der Waals surface area contributed by atoms with Gasteiger partial charge in [-0.15, -0.1) is 0 Å². The number of carbonyl (C=O) groups excluding carboxylic acids is 1. The van der Waals surface area contributed by atoms with E-state index in [4.69, 9.17) is 0 Å². The van der Waals surface area contributed by atoms with Crippen LogP contribution in [0.3, 0.4) is 0 Å². The van der Waals surface area contributed by atoms with Gasteiger partial charge in [0.15, 0.2) is 15.3 Å². The van der Waals surface area contributed by atoms with E-state index in [9.17, 15) is 22.4 Å². The average molecular weight is 467 g/mol. The van der Waals surface area contributed by atoms with Crippen LogP contribution < -0.4 is 10.7 Å². The Balaban J connectivity index is 1.79. The number of halogens is 1. The Kier molecular flexibility index (Phi) is 5.57. The van der Waals surface area contributed by atoms with E-state index >= 15 is 0 Å². The van der Waals surface area contributed by atoms with E-state index in [-0.39, 0.29) is 27.1 Å². The molecule has 0 saturated heterocycles. The number of amides is 1. The molecule has 33 heavy (non-hydrogen) atoms. The van der Waals surface area contributed by atoms with Gasteiger partial charge in [0.25, 0.3) is 5.91 Å². The van der Waals surface area contributed by atoms with E-state index in [0.29, 0.717) is 22.8 Å². The minimum atomic E-state index is -3.81. The number of aromatic nitrogens is 1. The molecule has 0 bridgehead atoms. The Bertz CT molecular complexity index is 1560. The zero-order chi connectivity index (χ0) is 24.0. The molecule has 0 aliphatic carbocycles. The van der Waals surface area contributed by atoms with Gasteiger partial charge in [0.05, 0.1) is 16.0 Å². The van der Waals surface area contributed by atoms with Gasteiger partial charge in [0.2, 0.25) is 0 Å². The van der Waals surface area contributed by atoms with Gasteiger partial charge in [-0.2, -0.15) is 0 Å². The summed E-state index contributed by atoms with van der Waals surface area (Å²) in [6.45, 7) is 3.59. The van der Waals surface area contributed by atoms with Gasteiger partial charge in [-0.25, -0.2) is 12.8 Å². The maximum atomic E-state index is 13.2. The van der Waals surface area contributed by atoms with Crippen molar-refractivity contribution in [3.05, 3.63) is 87.8 Å². The van der Waals surface area contributed by atoms with Gasteiger partial charge in [-0.05, 0) is 62.2 Å². The molecule has 0 aliphatic rings. The lowest BCUT2D eigenvalue weighted by Gasteiger charge is -2.27. The molecule has 4 aromatic rings. The minimum absolute atomic E-state index is 0.0527. The molecule has 1 aromatic heterocycles. The van der Waals surface area contributed by atoms with Gasteiger partial charge in [-0.1, -0.05) is 24.3 Å². The molecule has 0 aliphatic heterocycles. The predicted molar refractivity (Wildman–Crippen MR) is 127 cm³/mol. The summed E-state index contributed by atoms with van der Waals surface area (Å²) in [4.78, 5) is 29.1. The first kappa shape index (κ1) is 22.7. The van der Waals surface area contributed by atoms with Crippen LogP contribution in [0.15, 0.2) is 70.4 Å². The molecule has 0 radical (unpaired) electrons. The Labute approximate surface area is 190 Å². The molecule has 3 aromatic carbocycles. The summed E-state index contributed by atoms with van der Waals surface area (Å²) in [5, 5.41) is 3.50. The number of sulfone groups is 1. The van der Waals surface area contributed by atoms with E-state index in [1.807, 2.05) is 0 Å². The molecule has 8 heteroatoms. The van der Waals surface area contributed by atoms with Gasteiger partial charge < -0.3 is 10.3 Å². The van der Waals surface area contributed by atoms with Gasteiger partial charge in [0.1, 0.15) is 5.82 Å². The lowest BCUT2D eigenvalue weighted by molar-refractivity contribution is 0.0909. The van der Waals surface area contributed by atoms with Gasteiger partial charge >= 0.3 is 0 Å². The summed E-state index contributed by atoms with van der Waals surface area (Å²) in [5.74, 6) is -0.936. The van der Waals surface area contributed by atoms with Crippen molar-refractivity contribution in [1.29, 1.82) is 0 Å². The molecule has 1 amide bonds. The van der Waals surface area contributed by atoms with E-state index in [2.05, 4.69) is 10.3 Å². The summed E-state index contributed by atoms with van der Waals surface area (Å²) < 4.78 is 38.3. The first-order chi connectivity index (χ1) is 15.4. The van der Waals surface area contributed by atoms with Crippen molar-refractivity contribution >= 4 is 37.6 Å². The van der Waals surface area contributed by atoms with Crippen LogP contribution in [-0.2, 0) is 16.3 Å². The van der Waals surface area contributed by atoms with Crippen LogP contribution in [0.2, 0.25) is 0 Å². The van der Waals surface area contributed by atoms with E-state index < -0.39 is 21.3 Å². The maximum absolute atomic E-state index is 13.2. The summed E-state index contributed by atoms with van der Waals surface area (Å²) in [5.41, 5.74) is 0.656. The molecule has 4 rings (SSSR count). The number of fused-ring (bicyclic) bond motifs is 2. The molecular formula is C25H23FN2O4S. The highest BCUT2D eigenvalue weighted by Crippen LogP contribution is 2.24. The highest BCUT2D eigenvalue weighted by Gasteiger charge is 2.26. The van der Waals surface area contributed by atoms with Crippen molar-refractivity contribution in [2.24, 2.45) is 0 Å². The lowest BCUT2D eigenvalue weighted by Crippen LogP contribution is -2.45. The molecular weight excluding hydrogens is 443 g/mol. The largest absolute Gasteiger partial charge is 0.354 e. The average Bonchev–Trinajstić information content (AvgIpc) is 2.73. The van der Waals surface area contributed by atoms with Crippen LogP contribution in [0, 0.1) is 5.82 Å². The summed E-state index contributed by atoms with van der Waals surface area (Å²) in [6, 6.07) is 15.5. The Morgan fingerprint density at radius 2 is 1.67 bits per heavy atom. The molecule has 1 heterocycles. The Hall–Kier alpha value is -3.52. The summed E-state index contributed by atoms with van der Waals surface area (Å²) in [6.07, 6.45) is 1.41. The van der Waals surface area contributed by atoms with Crippen molar-refractivity contribution in [1.82, 2.24) is 10.3 Å². The zero-order valence-corrected chi connectivity index (χ0v) is 19.2. The van der Waals surface area contributed by atoms with Crippen molar-refractivity contribution in [2.45, 2.75) is 30.7 Å². The number of H-pyrrole nitrogens is 1.